The van der Waals surface area contributed by atoms with E-state index >= 15 is 0 Å². The third-order valence-electron chi connectivity index (χ3n) is 3.56. The van der Waals surface area contributed by atoms with E-state index in [-0.39, 0.29) is 13.1 Å². The first kappa shape index (κ1) is 17.0. The van der Waals surface area contributed by atoms with Gasteiger partial charge >= 0.3 is 5.97 Å². The Balaban J connectivity index is 2.31. The lowest BCUT2D eigenvalue weighted by molar-refractivity contribution is -0.140. The van der Waals surface area contributed by atoms with Crippen LogP contribution in [0.5, 0.6) is 0 Å². The van der Waals surface area contributed by atoms with Gasteiger partial charge in [0.2, 0.25) is 0 Å². The number of carboxylic acids is 1. The maximum absolute atomic E-state index is 11.1. The van der Waals surface area contributed by atoms with Gasteiger partial charge in [-0.2, -0.15) is 5.26 Å². The number of anilines is 1. The number of hydrogen-bond acceptors (Lipinski definition) is 5. The van der Waals surface area contributed by atoms with Gasteiger partial charge < -0.3 is 10.0 Å². The van der Waals surface area contributed by atoms with Gasteiger partial charge in [-0.25, -0.2) is 4.98 Å². The van der Waals surface area contributed by atoms with Crippen molar-refractivity contribution in [3.8, 4) is 17.3 Å². The minimum atomic E-state index is -0.875. The van der Waals surface area contributed by atoms with Gasteiger partial charge in [-0.3, -0.25) is 4.79 Å². The van der Waals surface area contributed by atoms with Crippen LogP contribution in [-0.2, 0) is 4.79 Å². The fraction of sp³-hybridized carbons (Fsp3) is 0.353. The molecule has 2 aromatic rings. The maximum Gasteiger partial charge on any atom is 0.308 e. The van der Waals surface area contributed by atoms with Gasteiger partial charge in [-0.05, 0) is 13.8 Å². The molecular weight excluding hydrogens is 310 g/mol. The predicted molar refractivity (Wildman–Crippen MR) is 91.6 cm³/mol. The molecule has 2 rings (SSSR count). The second kappa shape index (κ2) is 7.25. The number of rotatable bonds is 6. The van der Waals surface area contributed by atoms with Crippen LogP contribution in [0, 0.1) is 31.1 Å². The Hall–Kier alpha value is -2.39. The summed E-state index contributed by atoms with van der Waals surface area (Å²) in [5.41, 5.74) is 3.10. The summed E-state index contributed by atoms with van der Waals surface area (Å²) >= 11 is 1.49. The lowest BCUT2D eigenvalue weighted by atomic mass is 10.1. The first-order chi connectivity index (χ1) is 10.9. The molecule has 6 heteroatoms. The van der Waals surface area contributed by atoms with Crippen LogP contribution in [0.4, 0.5) is 5.13 Å². The van der Waals surface area contributed by atoms with Crippen LogP contribution in [0.25, 0.3) is 11.3 Å². The van der Waals surface area contributed by atoms with Crippen LogP contribution in [0.3, 0.4) is 0 Å². The van der Waals surface area contributed by atoms with E-state index in [2.05, 4.69) is 11.1 Å². The highest BCUT2D eigenvalue weighted by atomic mass is 32.1. The number of nitrogens with zero attached hydrogens (tertiary/aromatic N) is 3. The molecule has 1 heterocycles. The van der Waals surface area contributed by atoms with Crippen molar-refractivity contribution in [1.82, 2.24) is 4.98 Å². The monoisotopic (exact) mass is 329 g/mol. The van der Waals surface area contributed by atoms with Crippen LogP contribution in [0.15, 0.2) is 24.3 Å². The Bertz CT molecular complexity index is 731. The third kappa shape index (κ3) is 4.08. The smallest absolute Gasteiger partial charge is 0.308 e. The van der Waals surface area contributed by atoms with E-state index in [0.29, 0.717) is 5.13 Å². The lowest BCUT2D eigenvalue weighted by Crippen LogP contribution is -2.32. The fourth-order valence-electron chi connectivity index (χ4n) is 2.20. The molecule has 0 radical (unpaired) electrons. The molecule has 1 unspecified atom stereocenters. The summed E-state index contributed by atoms with van der Waals surface area (Å²) < 4.78 is 0. The number of hydrogen-bond donors (Lipinski definition) is 1. The molecule has 0 amide bonds. The molecular formula is C17H19N3O2S. The van der Waals surface area contributed by atoms with E-state index in [1.165, 1.54) is 16.9 Å². The summed E-state index contributed by atoms with van der Waals surface area (Å²) in [5, 5.41) is 18.8. The molecule has 0 fully saturated rings. The lowest BCUT2D eigenvalue weighted by Gasteiger charge is -2.20. The van der Waals surface area contributed by atoms with Crippen molar-refractivity contribution in [2.45, 2.75) is 20.8 Å². The number of aryl methyl sites for hydroxylation is 2. The quantitative estimate of drug-likeness (QED) is 0.821. The molecule has 1 atom stereocenters. The normalized spacial score (nSPS) is 11.7. The second-order valence-corrected chi connectivity index (χ2v) is 6.73. The van der Waals surface area contributed by atoms with E-state index in [9.17, 15) is 4.79 Å². The summed E-state index contributed by atoms with van der Waals surface area (Å²) in [7, 11) is 0. The molecule has 1 aromatic heterocycles. The van der Waals surface area contributed by atoms with Crippen LogP contribution in [-0.4, -0.2) is 29.1 Å². The molecule has 0 spiro atoms. The molecule has 0 aliphatic heterocycles. The summed E-state index contributed by atoms with van der Waals surface area (Å²) in [5.74, 6) is -1.43. The Morgan fingerprint density at radius 3 is 2.61 bits per heavy atom. The van der Waals surface area contributed by atoms with E-state index in [4.69, 9.17) is 10.4 Å². The summed E-state index contributed by atoms with van der Waals surface area (Å²) in [6.07, 6.45) is 0. The van der Waals surface area contributed by atoms with Gasteiger partial charge in [-0.15, -0.1) is 11.3 Å². The summed E-state index contributed by atoms with van der Waals surface area (Å²) in [4.78, 5) is 18.5. The molecule has 0 saturated heterocycles. The van der Waals surface area contributed by atoms with Crippen LogP contribution >= 0.6 is 11.3 Å². The first-order valence-corrected chi connectivity index (χ1v) is 8.13. The van der Waals surface area contributed by atoms with Crippen molar-refractivity contribution >= 4 is 22.4 Å². The van der Waals surface area contributed by atoms with Crippen molar-refractivity contribution < 1.29 is 9.90 Å². The number of nitriles is 1. The minimum Gasteiger partial charge on any atom is -0.481 e. The van der Waals surface area contributed by atoms with Gasteiger partial charge in [0, 0.05) is 17.0 Å². The molecule has 0 aliphatic rings. The highest BCUT2D eigenvalue weighted by Gasteiger charge is 2.20. The standard InChI is InChI=1S/C17H19N3O2S/c1-11-4-6-14(7-5-11)15-13(3)23-17(19-15)20(9-8-18)10-12(2)16(21)22/h4-7,12H,9-10H2,1-3H3,(H,21,22). The van der Waals surface area contributed by atoms with E-state index < -0.39 is 11.9 Å². The molecule has 1 N–H and O–H groups in total. The third-order valence-corrected chi connectivity index (χ3v) is 4.59. The minimum absolute atomic E-state index is 0.123. The molecule has 23 heavy (non-hydrogen) atoms. The molecule has 120 valence electrons. The summed E-state index contributed by atoms with van der Waals surface area (Å²) in [6, 6.07) is 10.2. The Morgan fingerprint density at radius 2 is 2.04 bits per heavy atom. The van der Waals surface area contributed by atoms with Gasteiger partial charge in [0.25, 0.3) is 0 Å². The van der Waals surface area contributed by atoms with Crippen molar-refractivity contribution in [3.05, 3.63) is 34.7 Å². The molecule has 0 bridgehead atoms. The topological polar surface area (TPSA) is 77.2 Å². The number of carboxylic acid groups (broad SMARTS) is 1. The SMILES string of the molecule is Cc1ccc(-c2nc(N(CC#N)CC(C)C(=O)O)sc2C)cc1. The molecule has 5 nitrogen and oxygen atoms in total. The Morgan fingerprint density at radius 1 is 1.39 bits per heavy atom. The van der Waals surface area contributed by atoms with Crippen molar-refractivity contribution in [3.63, 3.8) is 0 Å². The van der Waals surface area contributed by atoms with E-state index in [1.807, 2.05) is 38.1 Å². The highest BCUT2D eigenvalue weighted by molar-refractivity contribution is 7.16. The number of thiazole rings is 1. The fourth-order valence-corrected chi connectivity index (χ4v) is 3.14. The maximum atomic E-state index is 11.1. The molecule has 0 saturated carbocycles. The van der Waals surface area contributed by atoms with Gasteiger partial charge in [0.05, 0.1) is 17.7 Å². The molecule has 1 aromatic carbocycles. The zero-order valence-corrected chi connectivity index (χ0v) is 14.2. The zero-order chi connectivity index (χ0) is 17.0. The van der Waals surface area contributed by atoms with Crippen molar-refractivity contribution in [2.24, 2.45) is 5.92 Å². The number of benzene rings is 1. The van der Waals surface area contributed by atoms with Crippen LogP contribution in [0.2, 0.25) is 0 Å². The zero-order valence-electron chi connectivity index (χ0n) is 13.4. The van der Waals surface area contributed by atoms with Gasteiger partial charge in [0.15, 0.2) is 5.13 Å². The Kier molecular flexibility index (Phi) is 5.35. The van der Waals surface area contributed by atoms with E-state index in [0.717, 1.165) is 16.1 Å². The van der Waals surface area contributed by atoms with Crippen LogP contribution < -0.4 is 4.90 Å². The number of aromatic nitrogens is 1. The Labute approximate surface area is 139 Å². The van der Waals surface area contributed by atoms with Crippen molar-refractivity contribution in [1.29, 1.82) is 5.26 Å². The summed E-state index contributed by atoms with van der Waals surface area (Å²) in [6.45, 7) is 6.04. The predicted octanol–water partition coefficient (Wildman–Crippen LogP) is 3.48. The van der Waals surface area contributed by atoms with Gasteiger partial charge in [0.1, 0.15) is 6.54 Å². The highest BCUT2D eigenvalue weighted by Crippen LogP contribution is 2.32. The number of aliphatic carboxylic acids is 1. The number of carbonyl (C=O) groups is 1. The largest absolute Gasteiger partial charge is 0.481 e. The second-order valence-electron chi connectivity index (χ2n) is 5.55. The average molecular weight is 329 g/mol. The van der Waals surface area contributed by atoms with Crippen LogP contribution in [0.1, 0.15) is 17.4 Å². The average Bonchev–Trinajstić information content (AvgIpc) is 2.89. The van der Waals surface area contributed by atoms with E-state index in [1.54, 1.807) is 11.8 Å². The van der Waals surface area contributed by atoms with Crippen molar-refractivity contribution in [2.75, 3.05) is 18.0 Å². The first-order valence-electron chi connectivity index (χ1n) is 7.31. The molecule has 0 aliphatic carbocycles. The van der Waals surface area contributed by atoms with Gasteiger partial charge in [-0.1, -0.05) is 36.8 Å².